The zero-order chi connectivity index (χ0) is 18.7. The Morgan fingerprint density at radius 3 is 2.58 bits per heavy atom. The summed E-state index contributed by atoms with van der Waals surface area (Å²) in [5.74, 6) is -0.593. The minimum absolute atomic E-state index is 0.0330. The first-order chi connectivity index (χ1) is 12.4. The zero-order valence-electron chi connectivity index (χ0n) is 13.9. The van der Waals surface area contributed by atoms with Crippen molar-refractivity contribution in [3.63, 3.8) is 0 Å². The van der Waals surface area contributed by atoms with E-state index in [-0.39, 0.29) is 18.1 Å². The maximum atomic E-state index is 12.0. The third kappa shape index (κ3) is 3.92. The van der Waals surface area contributed by atoms with Crippen LogP contribution in [-0.2, 0) is 4.79 Å². The molecule has 0 aliphatic heterocycles. The van der Waals surface area contributed by atoms with Crippen molar-refractivity contribution in [2.24, 2.45) is 5.73 Å². The summed E-state index contributed by atoms with van der Waals surface area (Å²) >= 11 is 6.17. The summed E-state index contributed by atoms with van der Waals surface area (Å²) in [5, 5.41) is 1.08. The van der Waals surface area contributed by atoms with E-state index in [1.807, 2.05) is 13.0 Å². The van der Waals surface area contributed by atoms with Gasteiger partial charge in [-0.05, 0) is 36.8 Å². The van der Waals surface area contributed by atoms with Gasteiger partial charge in [0.25, 0.3) is 5.91 Å². The highest BCUT2D eigenvalue weighted by molar-refractivity contribution is 6.32. The molecule has 0 spiro atoms. The fourth-order valence-corrected chi connectivity index (χ4v) is 2.52. The largest absolute Gasteiger partial charge is 0.481 e. The molecular weight excluding hydrogens is 356 g/mol. The van der Waals surface area contributed by atoms with Gasteiger partial charge in [-0.1, -0.05) is 29.8 Å². The monoisotopic (exact) mass is 370 g/mol. The predicted molar refractivity (Wildman–Crippen MR) is 97.6 cm³/mol. The standard InChI is InChI=1S/C19H15ClN2O4/c1-11-7-15-13(8-14(11)20)17(9-16(22-15)19(21)24)25-10-18(23)26-12-5-3-2-4-6-12/h2-9H,10H2,1H3,(H2,21,24). The summed E-state index contributed by atoms with van der Waals surface area (Å²) in [7, 11) is 0. The molecule has 3 aromatic rings. The van der Waals surface area contributed by atoms with Crippen LogP contribution in [0.15, 0.2) is 48.5 Å². The molecule has 0 saturated carbocycles. The number of halogens is 1. The number of rotatable bonds is 5. The lowest BCUT2D eigenvalue weighted by Crippen LogP contribution is -2.18. The van der Waals surface area contributed by atoms with E-state index in [1.165, 1.54) is 6.07 Å². The highest BCUT2D eigenvalue weighted by atomic mass is 35.5. The molecule has 132 valence electrons. The highest BCUT2D eigenvalue weighted by Crippen LogP contribution is 2.30. The van der Waals surface area contributed by atoms with E-state index in [2.05, 4.69) is 4.98 Å². The molecule has 0 aliphatic carbocycles. The van der Waals surface area contributed by atoms with Crippen molar-refractivity contribution in [1.82, 2.24) is 4.98 Å². The number of aryl methyl sites for hydroxylation is 1. The fraction of sp³-hybridized carbons (Fsp3) is 0.105. The van der Waals surface area contributed by atoms with Crippen LogP contribution in [0.3, 0.4) is 0 Å². The molecule has 26 heavy (non-hydrogen) atoms. The SMILES string of the molecule is Cc1cc2nc(C(N)=O)cc(OCC(=O)Oc3ccccc3)c2cc1Cl. The third-order valence-electron chi connectivity index (χ3n) is 3.62. The first-order valence-corrected chi connectivity index (χ1v) is 8.11. The molecule has 0 fully saturated rings. The Bertz CT molecular complexity index is 990. The van der Waals surface area contributed by atoms with E-state index < -0.39 is 11.9 Å². The Kier molecular flexibility index (Phi) is 5.04. The number of nitrogens with two attached hydrogens (primary N) is 1. The smallest absolute Gasteiger partial charge is 0.349 e. The van der Waals surface area contributed by atoms with Gasteiger partial charge >= 0.3 is 5.97 Å². The average molecular weight is 371 g/mol. The number of primary amides is 1. The molecule has 0 bridgehead atoms. The van der Waals surface area contributed by atoms with Gasteiger partial charge in [-0.25, -0.2) is 9.78 Å². The van der Waals surface area contributed by atoms with Crippen LogP contribution in [0.1, 0.15) is 16.1 Å². The summed E-state index contributed by atoms with van der Waals surface area (Å²) in [5.41, 5.74) is 6.65. The van der Waals surface area contributed by atoms with Gasteiger partial charge in [0.1, 0.15) is 17.2 Å². The van der Waals surface area contributed by atoms with Crippen molar-refractivity contribution in [1.29, 1.82) is 0 Å². The van der Waals surface area contributed by atoms with Crippen LogP contribution in [0.2, 0.25) is 5.02 Å². The topological polar surface area (TPSA) is 91.5 Å². The number of hydrogen-bond acceptors (Lipinski definition) is 5. The van der Waals surface area contributed by atoms with Crippen LogP contribution in [-0.4, -0.2) is 23.5 Å². The van der Waals surface area contributed by atoms with Gasteiger partial charge in [-0.2, -0.15) is 0 Å². The number of esters is 1. The molecule has 0 radical (unpaired) electrons. The molecule has 0 saturated heterocycles. The van der Waals surface area contributed by atoms with Gasteiger partial charge in [-0.3, -0.25) is 4.79 Å². The first kappa shape index (κ1) is 17.7. The number of aromatic nitrogens is 1. The number of amides is 1. The lowest BCUT2D eigenvalue weighted by Gasteiger charge is -2.11. The summed E-state index contributed by atoms with van der Waals surface area (Å²) in [6.07, 6.45) is 0. The lowest BCUT2D eigenvalue weighted by atomic mass is 10.1. The zero-order valence-corrected chi connectivity index (χ0v) is 14.6. The number of hydrogen-bond donors (Lipinski definition) is 1. The third-order valence-corrected chi connectivity index (χ3v) is 4.03. The molecule has 0 atom stereocenters. The minimum atomic E-state index is -0.698. The predicted octanol–water partition coefficient (Wildman–Crippen LogP) is 3.28. The van der Waals surface area contributed by atoms with E-state index in [0.29, 0.717) is 21.7 Å². The van der Waals surface area contributed by atoms with Crippen molar-refractivity contribution in [2.75, 3.05) is 6.61 Å². The number of carbonyl (C=O) groups is 2. The second-order valence-corrected chi connectivity index (χ2v) is 5.97. The van der Waals surface area contributed by atoms with Crippen LogP contribution >= 0.6 is 11.6 Å². The van der Waals surface area contributed by atoms with Crippen molar-refractivity contribution in [2.45, 2.75) is 6.92 Å². The van der Waals surface area contributed by atoms with Crippen LogP contribution in [0, 0.1) is 6.92 Å². The number of para-hydroxylation sites is 1. The van der Waals surface area contributed by atoms with E-state index in [0.717, 1.165) is 5.56 Å². The lowest BCUT2D eigenvalue weighted by molar-refractivity contribution is -0.136. The first-order valence-electron chi connectivity index (χ1n) is 7.73. The molecule has 1 amide bonds. The van der Waals surface area contributed by atoms with E-state index >= 15 is 0 Å². The average Bonchev–Trinajstić information content (AvgIpc) is 2.61. The molecule has 3 rings (SSSR count). The van der Waals surface area contributed by atoms with Gasteiger partial charge in [0.05, 0.1) is 5.52 Å². The number of nitrogens with zero attached hydrogens (tertiary/aromatic N) is 1. The van der Waals surface area contributed by atoms with Crippen LogP contribution in [0.25, 0.3) is 10.9 Å². The summed E-state index contributed by atoms with van der Waals surface area (Å²) in [6.45, 7) is 1.47. The maximum absolute atomic E-state index is 12.0. The Morgan fingerprint density at radius 1 is 1.15 bits per heavy atom. The van der Waals surface area contributed by atoms with Crippen LogP contribution < -0.4 is 15.2 Å². The Hall–Kier alpha value is -3.12. The van der Waals surface area contributed by atoms with Crippen molar-refractivity contribution in [3.8, 4) is 11.5 Å². The second-order valence-electron chi connectivity index (χ2n) is 5.56. The molecule has 7 heteroatoms. The second kappa shape index (κ2) is 7.41. The normalized spacial score (nSPS) is 10.5. The number of fused-ring (bicyclic) bond motifs is 1. The Labute approximate surface area is 154 Å². The number of benzene rings is 2. The molecule has 1 aromatic heterocycles. The molecule has 2 aromatic carbocycles. The van der Waals surface area contributed by atoms with Crippen molar-refractivity contribution < 1.29 is 19.1 Å². The molecular formula is C19H15ClN2O4. The molecule has 6 nitrogen and oxygen atoms in total. The van der Waals surface area contributed by atoms with E-state index in [4.69, 9.17) is 26.8 Å². The van der Waals surface area contributed by atoms with Crippen LogP contribution in [0.4, 0.5) is 0 Å². The van der Waals surface area contributed by atoms with E-state index in [9.17, 15) is 9.59 Å². The van der Waals surface area contributed by atoms with Crippen LogP contribution in [0.5, 0.6) is 11.5 Å². The molecule has 2 N–H and O–H groups in total. The quantitative estimate of drug-likeness (QED) is 0.549. The molecule has 1 heterocycles. The van der Waals surface area contributed by atoms with Crippen molar-refractivity contribution >= 4 is 34.4 Å². The van der Waals surface area contributed by atoms with Gasteiger partial charge in [0.15, 0.2) is 6.61 Å². The molecule has 0 unspecified atom stereocenters. The van der Waals surface area contributed by atoms with Gasteiger partial charge < -0.3 is 15.2 Å². The van der Waals surface area contributed by atoms with Gasteiger partial charge in [-0.15, -0.1) is 0 Å². The Morgan fingerprint density at radius 2 is 1.88 bits per heavy atom. The summed E-state index contributed by atoms with van der Waals surface area (Å²) in [6, 6.07) is 13.4. The Balaban J connectivity index is 1.87. The highest BCUT2D eigenvalue weighted by Gasteiger charge is 2.14. The van der Waals surface area contributed by atoms with E-state index in [1.54, 1.807) is 36.4 Å². The maximum Gasteiger partial charge on any atom is 0.349 e. The fourth-order valence-electron chi connectivity index (χ4n) is 2.35. The summed E-state index contributed by atoms with van der Waals surface area (Å²) < 4.78 is 10.7. The summed E-state index contributed by atoms with van der Waals surface area (Å²) in [4.78, 5) is 27.7. The number of carbonyl (C=O) groups excluding carboxylic acids is 2. The molecule has 0 aliphatic rings. The van der Waals surface area contributed by atoms with Crippen molar-refractivity contribution in [3.05, 3.63) is 64.8 Å². The minimum Gasteiger partial charge on any atom is -0.481 e. The van der Waals surface area contributed by atoms with Gasteiger partial charge in [0.2, 0.25) is 0 Å². The van der Waals surface area contributed by atoms with Gasteiger partial charge in [0, 0.05) is 16.5 Å². The number of ether oxygens (including phenoxy) is 2. The number of pyridine rings is 1.